The third-order valence-corrected chi connectivity index (χ3v) is 5.00. The molecule has 1 unspecified atom stereocenters. The molecule has 0 aromatic heterocycles. The van der Waals surface area contributed by atoms with Gasteiger partial charge in [0, 0.05) is 11.1 Å². The van der Waals surface area contributed by atoms with Gasteiger partial charge in [-0.05, 0) is 17.2 Å². The van der Waals surface area contributed by atoms with Crippen molar-refractivity contribution in [3.05, 3.63) is 72.8 Å². The fraction of sp³-hybridized carbons (Fsp3) is 0. The molecular formula is C18H13O2P. The maximum Gasteiger partial charge on any atom is 0.266 e. The van der Waals surface area contributed by atoms with E-state index in [0.717, 1.165) is 33.3 Å². The van der Waals surface area contributed by atoms with Gasteiger partial charge < -0.3 is 4.52 Å². The van der Waals surface area contributed by atoms with Crippen LogP contribution in [0, 0.1) is 0 Å². The zero-order valence-electron chi connectivity index (χ0n) is 11.2. The van der Waals surface area contributed by atoms with Crippen molar-refractivity contribution < 1.29 is 9.09 Å². The number of fused-ring (bicyclic) bond motifs is 3. The van der Waals surface area contributed by atoms with Crippen molar-refractivity contribution in [2.75, 3.05) is 0 Å². The van der Waals surface area contributed by atoms with Crippen LogP contribution in [0.1, 0.15) is 0 Å². The summed E-state index contributed by atoms with van der Waals surface area (Å²) in [6.45, 7) is 0. The van der Waals surface area contributed by atoms with Crippen molar-refractivity contribution in [3.8, 4) is 28.0 Å². The first kappa shape index (κ1) is 12.4. The molecule has 0 aliphatic carbocycles. The molecule has 1 heterocycles. The van der Waals surface area contributed by atoms with Crippen molar-refractivity contribution in [3.63, 3.8) is 0 Å². The van der Waals surface area contributed by atoms with Gasteiger partial charge >= 0.3 is 0 Å². The van der Waals surface area contributed by atoms with Crippen LogP contribution in [0.15, 0.2) is 72.8 Å². The average molecular weight is 292 g/mol. The minimum absolute atomic E-state index is 0.728. The third kappa shape index (κ3) is 2.00. The molecule has 2 nitrogen and oxygen atoms in total. The van der Waals surface area contributed by atoms with Crippen LogP contribution < -0.4 is 9.83 Å². The van der Waals surface area contributed by atoms with Crippen LogP contribution in [0.5, 0.6) is 5.75 Å². The van der Waals surface area contributed by atoms with E-state index in [2.05, 4.69) is 0 Å². The maximum absolute atomic E-state index is 12.4. The van der Waals surface area contributed by atoms with Crippen LogP contribution in [-0.4, -0.2) is 0 Å². The van der Waals surface area contributed by atoms with E-state index in [1.807, 2.05) is 72.8 Å². The molecule has 102 valence electrons. The fourth-order valence-corrected chi connectivity index (χ4v) is 3.93. The molecular weight excluding hydrogens is 279 g/mol. The highest BCUT2D eigenvalue weighted by atomic mass is 31.1. The topological polar surface area (TPSA) is 26.3 Å². The summed E-state index contributed by atoms with van der Waals surface area (Å²) in [6.07, 6.45) is 0. The maximum atomic E-state index is 12.4. The van der Waals surface area contributed by atoms with E-state index in [9.17, 15) is 4.57 Å². The summed E-state index contributed by atoms with van der Waals surface area (Å²) in [6, 6.07) is 23.9. The molecule has 0 N–H and O–H groups in total. The van der Waals surface area contributed by atoms with E-state index in [-0.39, 0.29) is 0 Å². The van der Waals surface area contributed by atoms with E-state index >= 15 is 0 Å². The van der Waals surface area contributed by atoms with E-state index < -0.39 is 8.03 Å². The van der Waals surface area contributed by atoms with Crippen molar-refractivity contribution >= 4 is 13.3 Å². The summed E-state index contributed by atoms with van der Waals surface area (Å²) < 4.78 is 18.2. The summed E-state index contributed by atoms with van der Waals surface area (Å²) in [7, 11) is -2.24. The SMILES string of the molecule is O=[PH]1Oc2c(-c3ccccc3)cccc2-c2ccccc21. The second-order valence-electron chi connectivity index (χ2n) is 4.98. The van der Waals surface area contributed by atoms with Gasteiger partial charge in [0.1, 0.15) is 5.75 Å². The Morgan fingerprint density at radius 2 is 1.33 bits per heavy atom. The van der Waals surface area contributed by atoms with Gasteiger partial charge in [-0.1, -0.05) is 66.7 Å². The lowest BCUT2D eigenvalue weighted by Crippen LogP contribution is -2.10. The molecule has 0 amide bonds. The van der Waals surface area contributed by atoms with Crippen LogP contribution in [-0.2, 0) is 4.57 Å². The Morgan fingerprint density at radius 3 is 2.19 bits per heavy atom. The smallest absolute Gasteiger partial charge is 0.266 e. The molecule has 3 aromatic carbocycles. The molecule has 3 aromatic rings. The molecule has 4 rings (SSSR count). The fourth-order valence-electron chi connectivity index (χ4n) is 2.75. The van der Waals surface area contributed by atoms with E-state index in [1.165, 1.54) is 0 Å². The quantitative estimate of drug-likeness (QED) is 0.617. The van der Waals surface area contributed by atoms with Gasteiger partial charge in [-0.2, -0.15) is 0 Å². The van der Waals surface area contributed by atoms with E-state index in [0.29, 0.717) is 0 Å². The van der Waals surface area contributed by atoms with Gasteiger partial charge in [0.25, 0.3) is 8.03 Å². The second kappa shape index (κ2) is 4.91. The Hall–Kier alpha value is -2.31. The Balaban J connectivity index is 2.00. The molecule has 3 heteroatoms. The van der Waals surface area contributed by atoms with Crippen molar-refractivity contribution in [2.24, 2.45) is 0 Å². The lowest BCUT2D eigenvalue weighted by Gasteiger charge is -2.22. The number of hydrogen-bond donors (Lipinski definition) is 0. The summed E-state index contributed by atoms with van der Waals surface area (Å²) in [5.41, 5.74) is 4.08. The third-order valence-electron chi connectivity index (χ3n) is 3.73. The monoisotopic (exact) mass is 292 g/mol. The van der Waals surface area contributed by atoms with E-state index in [4.69, 9.17) is 4.52 Å². The Morgan fingerprint density at radius 1 is 0.667 bits per heavy atom. The van der Waals surface area contributed by atoms with Gasteiger partial charge in [-0.15, -0.1) is 0 Å². The Kier molecular flexibility index (Phi) is 2.90. The highest BCUT2D eigenvalue weighted by molar-refractivity contribution is 7.49. The summed E-state index contributed by atoms with van der Waals surface area (Å²) in [4.78, 5) is 0. The zero-order chi connectivity index (χ0) is 14.2. The predicted octanol–water partition coefficient (Wildman–Crippen LogP) is 4.51. The Bertz CT molecular complexity index is 827. The average Bonchev–Trinajstić information content (AvgIpc) is 2.56. The van der Waals surface area contributed by atoms with Gasteiger partial charge in [0.15, 0.2) is 0 Å². The molecule has 0 saturated heterocycles. The number of benzene rings is 3. The van der Waals surface area contributed by atoms with Gasteiger partial charge in [0.2, 0.25) is 0 Å². The van der Waals surface area contributed by atoms with Crippen LogP contribution in [0.25, 0.3) is 22.3 Å². The zero-order valence-corrected chi connectivity index (χ0v) is 12.2. The lowest BCUT2D eigenvalue weighted by atomic mass is 9.97. The first-order valence-corrected chi connectivity index (χ1v) is 8.16. The van der Waals surface area contributed by atoms with Gasteiger partial charge in [0.05, 0.1) is 5.30 Å². The Labute approximate surface area is 123 Å². The first-order chi connectivity index (χ1) is 10.3. The van der Waals surface area contributed by atoms with Crippen LogP contribution in [0.2, 0.25) is 0 Å². The predicted molar refractivity (Wildman–Crippen MR) is 86.6 cm³/mol. The van der Waals surface area contributed by atoms with Crippen LogP contribution in [0.3, 0.4) is 0 Å². The minimum atomic E-state index is -2.24. The number of para-hydroxylation sites is 1. The van der Waals surface area contributed by atoms with Crippen molar-refractivity contribution in [1.29, 1.82) is 0 Å². The van der Waals surface area contributed by atoms with Gasteiger partial charge in [-0.3, -0.25) is 4.57 Å². The first-order valence-electron chi connectivity index (χ1n) is 6.84. The normalized spacial score (nSPS) is 15.7. The largest absolute Gasteiger partial charge is 0.440 e. The van der Waals surface area contributed by atoms with Crippen LogP contribution >= 0.6 is 8.03 Å². The standard InChI is InChI=1S/C18H13O2P/c19-21-17-12-5-4-9-15(17)16-11-6-10-14(18(16)20-21)13-7-2-1-3-8-13/h1-12,21H. The lowest BCUT2D eigenvalue weighted by molar-refractivity contribution is 0.514. The molecule has 21 heavy (non-hydrogen) atoms. The summed E-state index contributed by atoms with van der Waals surface area (Å²) >= 11 is 0. The van der Waals surface area contributed by atoms with E-state index in [1.54, 1.807) is 0 Å². The number of hydrogen-bond acceptors (Lipinski definition) is 2. The molecule has 1 aliphatic rings. The summed E-state index contributed by atoms with van der Waals surface area (Å²) in [5, 5.41) is 0.806. The molecule has 0 spiro atoms. The number of rotatable bonds is 1. The van der Waals surface area contributed by atoms with Crippen molar-refractivity contribution in [1.82, 2.24) is 0 Å². The second-order valence-corrected chi connectivity index (χ2v) is 6.30. The molecule has 0 fully saturated rings. The molecule has 0 bridgehead atoms. The molecule has 0 radical (unpaired) electrons. The van der Waals surface area contributed by atoms with Crippen molar-refractivity contribution in [2.45, 2.75) is 0 Å². The minimum Gasteiger partial charge on any atom is -0.440 e. The molecule has 1 aliphatic heterocycles. The summed E-state index contributed by atoms with van der Waals surface area (Å²) in [5.74, 6) is 0.728. The molecule has 0 saturated carbocycles. The highest BCUT2D eigenvalue weighted by Gasteiger charge is 2.24. The van der Waals surface area contributed by atoms with Gasteiger partial charge in [-0.25, -0.2) is 0 Å². The highest BCUT2D eigenvalue weighted by Crippen LogP contribution is 2.47. The molecule has 1 atom stereocenters. The van der Waals surface area contributed by atoms with Crippen LogP contribution in [0.4, 0.5) is 0 Å².